The number of ketones is 1. The first-order valence-corrected chi connectivity index (χ1v) is 14.7. The Morgan fingerprint density at radius 2 is 1.77 bits per heavy atom. The van der Waals surface area contributed by atoms with Gasteiger partial charge in [-0.1, -0.05) is 77.0 Å². The molecule has 0 bridgehead atoms. The first kappa shape index (κ1) is 28.5. The van der Waals surface area contributed by atoms with Gasteiger partial charge in [0, 0.05) is 10.6 Å². The Morgan fingerprint density at radius 3 is 2.53 bits per heavy atom. The van der Waals surface area contributed by atoms with Gasteiger partial charge in [0.2, 0.25) is 0 Å². The van der Waals surface area contributed by atoms with Crippen LogP contribution in [0.2, 0.25) is 5.02 Å². The number of carbonyl (C=O) groups is 2. The predicted octanol–water partition coefficient (Wildman–Crippen LogP) is 7.78. The normalized spacial score (nSPS) is 16.2. The summed E-state index contributed by atoms with van der Waals surface area (Å²) in [5, 5.41) is 12.5. The highest BCUT2D eigenvalue weighted by Crippen LogP contribution is 2.46. The molecule has 7 nitrogen and oxygen atoms in total. The molecule has 0 radical (unpaired) electrons. The maximum atomic E-state index is 13.7. The summed E-state index contributed by atoms with van der Waals surface area (Å²) in [5.41, 5.74) is 4.30. The van der Waals surface area contributed by atoms with E-state index >= 15 is 0 Å². The number of fused-ring (bicyclic) bond motifs is 1. The average molecular weight is 611 g/mol. The molecule has 1 aliphatic rings. The molecule has 216 valence electrons. The van der Waals surface area contributed by atoms with E-state index in [0.29, 0.717) is 44.9 Å². The fraction of sp³-hybridized carbons (Fsp3) is 0.147. The molecule has 9 heteroatoms. The quantitative estimate of drug-likeness (QED) is 0.115. The Labute approximate surface area is 257 Å². The largest absolute Gasteiger partial charge is 0.507 e. The van der Waals surface area contributed by atoms with Crippen molar-refractivity contribution in [3.8, 4) is 11.5 Å². The van der Waals surface area contributed by atoms with Gasteiger partial charge in [-0.3, -0.25) is 14.5 Å². The second-order valence-corrected chi connectivity index (χ2v) is 11.7. The lowest BCUT2D eigenvalue weighted by Crippen LogP contribution is -2.29. The smallest absolute Gasteiger partial charge is 0.301 e. The van der Waals surface area contributed by atoms with E-state index in [4.69, 9.17) is 21.1 Å². The monoisotopic (exact) mass is 610 g/mol. The molecule has 6 rings (SSSR count). The minimum atomic E-state index is -0.979. The lowest BCUT2D eigenvalue weighted by atomic mass is 9.93. The van der Waals surface area contributed by atoms with Gasteiger partial charge < -0.3 is 14.6 Å². The molecule has 1 N–H and O–H groups in total. The number of amides is 1. The van der Waals surface area contributed by atoms with Gasteiger partial charge in [-0.25, -0.2) is 4.98 Å². The first-order valence-electron chi connectivity index (χ1n) is 13.5. The number of halogens is 1. The number of ether oxygens (including phenoxy) is 2. The Balaban J connectivity index is 1.50. The molecule has 1 unspecified atom stereocenters. The number of aryl methyl sites for hydroxylation is 2. The van der Waals surface area contributed by atoms with Crippen molar-refractivity contribution in [2.24, 2.45) is 0 Å². The molecule has 1 saturated heterocycles. The molecule has 1 amide bonds. The van der Waals surface area contributed by atoms with E-state index < -0.39 is 17.7 Å². The number of hydrogen-bond donors (Lipinski definition) is 1. The summed E-state index contributed by atoms with van der Waals surface area (Å²) >= 11 is 7.46. The molecule has 43 heavy (non-hydrogen) atoms. The van der Waals surface area contributed by atoms with E-state index in [2.05, 4.69) is 4.98 Å². The molecule has 1 atom stereocenters. The number of methoxy groups -OCH3 is 1. The van der Waals surface area contributed by atoms with Crippen LogP contribution < -0.4 is 14.4 Å². The summed E-state index contributed by atoms with van der Waals surface area (Å²) in [5.74, 6) is -0.924. The van der Waals surface area contributed by atoms with Crippen molar-refractivity contribution >= 4 is 55.7 Å². The van der Waals surface area contributed by atoms with Gasteiger partial charge in [-0.05, 0) is 66.9 Å². The molecule has 1 aliphatic heterocycles. The summed E-state index contributed by atoms with van der Waals surface area (Å²) in [6, 6.07) is 24.9. The van der Waals surface area contributed by atoms with Crippen LogP contribution >= 0.6 is 22.9 Å². The van der Waals surface area contributed by atoms with Gasteiger partial charge in [-0.2, -0.15) is 0 Å². The topological polar surface area (TPSA) is 89.0 Å². The van der Waals surface area contributed by atoms with Crippen molar-refractivity contribution in [3.05, 3.63) is 123 Å². The third-order valence-corrected chi connectivity index (χ3v) is 8.63. The van der Waals surface area contributed by atoms with E-state index in [1.165, 1.54) is 23.3 Å². The van der Waals surface area contributed by atoms with Crippen LogP contribution in [-0.4, -0.2) is 28.9 Å². The zero-order valence-corrected chi connectivity index (χ0v) is 25.2. The Bertz CT molecular complexity index is 1920. The highest BCUT2D eigenvalue weighted by molar-refractivity contribution is 7.22. The minimum absolute atomic E-state index is 0.0315. The molecular formula is C34H27ClN2O5S. The van der Waals surface area contributed by atoms with Gasteiger partial charge in [-0.15, -0.1) is 0 Å². The fourth-order valence-electron chi connectivity index (χ4n) is 5.18. The Hall–Kier alpha value is -4.66. The van der Waals surface area contributed by atoms with Gasteiger partial charge in [0.1, 0.15) is 12.4 Å². The summed E-state index contributed by atoms with van der Waals surface area (Å²) in [7, 11) is 1.53. The second kappa shape index (κ2) is 11.6. The molecular weight excluding hydrogens is 584 g/mol. The molecule has 1 fully saturated rings. The third-order valence-electron chi connectivity index (χ3n) is 7.38. The number of hydrogen-bond acceptors (Lipinski definition) is 7. The van der Waals surface area contributed by atoms with Gasteiger partial charge in [0.05, 0.1) is 28.9 Å². The minimum Gasteiger partial charge on any atom is -0.507 e. The van der Waals surface area contributed by atoms with Gasteiger partial charge in [0.25, 0.3) is 5.78 Å². The molecule has 4 aromatic carbocycles. The summed E-state index contributed by atoms with van der Waals surface area (Å²) in [4.78, 5) is 33.5. The molecule has 0 saturated carbocycles. The van der Waals surface area contributed by atoms with Crippen LogP contribution in [0.25, 0.3) is 16.0 Å². The fourth-order valence-corrected chi connectivity index (χ4v) is 6.45. The van der Waals surface area contributed by atoms with Crippen LogP contribution in [0.5, 0.6) is 11.5 Å². The van der Waals surface area contributed by atoms with Crippen molar-refractivity contribution in [1.82, 2.24) is 4.98 Å². The van der Waals surface area contributed by atoms with Crippen molar-refractivity contribution < 1.29 is 24.2 Å². The van der Waals surface area contributed by atoms with E-state index in [1.807, 2.05) is 56.3 Å². The van der Waals surface area contributed by atoms with Gasteiger partial charge in [0.15, 0.2) is 16.6 Å². The lowest BCUT2D eigenvalue weighted by molar-refractivity contribution is -0.132. The van der Waals surface area contributed by atoms with E-state index in [-0.39, 0.29) is 11.3 Å². The summed E-state index contributed by atoms with van der Waals surface area (Å²) < 4.78 is 12.5. The van der Waals surface area contributed by atoms with Crippen molar-refractivity contribution in [1.29, 1.82) is 0 Å². The number of benzene rings is 4. The van der Waals surface area contributed by atoms with Gasteiger partial charge >= 0.3 is 5.91 Å². The van der Waals surface area contributed by atoms with Crippen molar-refractivity contribution in [2.75, 3.05) is 12.0 Å². The number of thiazole rings is 1. The number of Topliss-reactive ketones (excluding diaryl/α,β-unsaturated/α-hetero) is 1. The maximum Gasteiger partial charge on any atom is 0.301 e. The standard InChI is InChI=1S/C34H27ClN2O5S/c1-19-9-10-20(2)24(15-19)31(38)29-30(22-11-14-26(27(16-22)41-3)42-18-21-7-5-4-6-8-21)37(33(40)32(29)39)34-36-25-13-12-23(35)17-28(25)43-34/h4-17,30,38H,18H2,1-3H3. The Kier molecular flexibility index (Phi) is 7.64. The number of aliphatic hydroxyl groups excluding tert-OH is 1. The highest BCUT2D eigenvalue weighted by atomic mass is 35.5. The van der Waals surface area contributed by atoms with E-state index in [9.17, 15) is 14.7 Å². The van der Waals surface area contributed by atoms with Crippen LogP contribution in [0, 0.1) is 13.8 Å². The van der Waals surface area contributed by atoms with Crippen molar-refractivity contribution in [2.45, 2.75) is 26.5 Å². The second-order valence-electron chi connectivity index (χ2n) is 10.3. The highest BCUT2D eigenvalue weighted by Gasteiger charge is 2.48. The van der Waals surface area contributed by atoms with Crippen LogP contribution in [0.15, 0.2) is 90.5 Å². The molecule has 2 heterocycles. The van der Waals surface area contributed by atoms with E-state index in [0.717, 1.165) is 21.4 Å². The SMILES string of the molecule is COc1cc(C2C(=C(O)c3cc(C)ccc3C)C(=O)C(=O)N2c2nc3ccc(Cl)cc3s2)ccc1OCc1ccccc1. The van der Waals surface area contributed by atoms with E-state index in [1.54, 1.807) is 42.5 Å². The zero-order valence-electron chi connectivity index (χ0n) is 23.6. The van der Waals surface area contributed by atoms with Crippen LogP contribution in [0.3, 0.4) is 0 Å². The number of aliphatic hydroxyl groups is 1. The number of rotatable bonds is 7. The number of aromatic nitrogens is 1. The average Bonchev–Trinajstić information content (AvgIpc) is 3.54. The lowest BCUT2D eigenvalue weighted by Gasteiger charge is -2.24. The van der Waals surface area contributed by atoms with Crippen LogP contribution in [0.4, 0.5) is 5.13 Å². The van der Waals surface area contributed by atoms with Crippen molar-refractivity contribution in [3.63, 3.8) is 0 Å². The molecule has 5 aromatic rings. The summed E-state index contributed by atoms with van der Waals surface area (Å²) in [6.45, 7) is 4.08. The molecule has 1 aromatic heterocycles. The number of carbonyl (C=O) groups excluding carboxylic acids is 2. The first-order chi connectivity index (χ1) is 20.7. The number of anilines is 1. The molecule has 0 aliphatic carbocycles. The predicted molar refractivity (Wildman–Crippen MR) is 169 cm³/mol. The maximum absolute atomic E-state index is 13.7. The third kappa shape index (κ3) is 5.35. The van der Waals surface area contributed by atoms with Crippen LogP contribution in [-0.2, 0) is 16.2 Å². The summed E-state index contributed by atoms with van der Waals surface area (Å²) in [6.07, 6.45) is 0. The molecule has 0 spiro atoms. The van der Waals surface area contributed by atoms with Crippen LogP contribution in [0.1, 0.15) is 33.9 Å². The number of nitrogens with zero attached hydrogens (tertiary/aromatic N) is 2. The Morgan fingerprint density at radius 1 is 0.977 bits per heavy atom. The zero-order chi connectivity index (χ0) is 30.2.